The Morgan fingerprint density at radius 1 is 0.944 bits per heavy atom. The Bertz CT molecular complexity index is 1470. The summed E-state index contributed by atoms with van der Waals surface area (Å²) >= 11 is 0. The Morgan fingerprint density at radius 2 is 1.61 bits per heavy atom. The molecular weight excluding hydrogens is 481 g/mol. The quantitative estimate of drug-likeness (QED) is 0.347. The largest absolute Gasteiger partial charge is 0.542 e. The maximum atomic E-state index is 13.8. The molecule has 2 aromatic heterocycles. The Kier molecular flexibility index (Phi) is 6.30. The molecule has 188 valence electrons. The second kappa shape index (κ2) is 9.10. The van der Waals surface area contributed by atoms with E-state index in [1.165, 1.54) is 36.4 Å². The fraction of sp³-hybridized carbons (Fsp3) is 0.231. The number of alkyl halides is 3. The van der Waals surface area contributed by atoms with Gasteiger partial charge in [0.15, 0.2) is 0 Å². The lowest BCUT2D eigenvalue weighted by atomic mass is 9.87. The standard InChI is InChI=1S/C26H21F3O7/c1-25(2,3)14-4-6-15(7-5-14)35-22-21(30)18-10-8-16(12-20(18)36-23(22)26(27,28)29)33-13-17-9-11-19(34-17)24(31)32/h4-12H,13H2,1-3H3,(H,31,32)/p-1. The number of aromatic carboxylic acids is 1. The molecule has 0 saturated carbocycles. The lowest BCUT2D eigenvalue weighted by Gasteiger charge is -2.19. The van der Waals surface area contributed by atoms with Crippen LogP contribution in [0.15, 0.2) is 68.2 Å². The number of rotatable bonds is 6. The zero-order valence-corrected chi connectivity index (χ0v) is 19.4. The minimum absolute atomic E-state index is 0.0504. The van der Waals surface area contributed by atoms with Crippen molar-refractivity contribution in [2.24, 2.45) is 0 Å². The third-order valence-corrected chi connectivity index (χ3v) is 5.26. The molecule has 2 heterocycles. The van der Waals surface area contributed by atoms with Crippen LogP contribution < -0.4 is 20.0 Å². The van der Waals surface area contributed by atoms with Gasteiger partial charge in [0.2, 0.25) is 11.2 Å². The normalized spacial score (nSPS) is 12.1. The number of ether oxygens (including phenoxy) is 2. The van der Waals surface area contributed by atoms with Gasteiger partial charge in [-0.25, -0.2) is 0 Å². The highest BCUT2D eigenvalue weighted by Crippen LogP contribution is 2.39. The van der Waals surface area contributed by atoms with E-state index in [-0.39, 0.29) is 40.3 Å². The van der Waals surface area contributed by atoms with Crippen LogP contribution in [0.5, 0.6) is 17.2 Å². The molecule has 0 aliphatic heterocycles. The van der Waals surface area contributed by atoms with Crippen molar-refractivity contribution >= 4 is 16.9 Å². The van der Waals surface area contributed by atoms with E-state index in [2.05, 4.69) is 0 Å². The SMILES string of the molecule is CC(C)(C)c1ccc(Oc2c(C(F)(F)F)oc3cc(OCc4ccc(C(=O)[O-])o4)ccc3c2=O)cc1. The van der Waals surface area contributed by atoms with Gasteiger partial charge in [-0.2, -0.15) is 13.2 Å². The zero-order valence-electron chi connectivity index (χ0n) is 19.4. The number of hydrogen-bond acceptors (Lipinski definition) is 7. The van der Waals surface area contributed by atoms with Crippen LogP contribution in [0.3, 0.4) is 0 Å². The van der Waals surface area contributed by atoms with Crippen molar-refractivity contribution in [2.75, 3.05) is 0 Å². The second-order valence-corrected chi connectivity index (χ2v) is 8.96. The van der Waals surface area contributed by atoms with Crippen molar-refractivity contribution in [3.8, 4) is 17.2 Å². The van der Waals surface area contributed by atoms with E-state index in [1.54, 1.807) is 12.1 Å². The Labute approximate surface area is 202 Å². The van der Waals surface area contributed by atoms with Crippen LogP contribution in [0.1, 0.15) is 48.4 Å². The molecule has 0 amide bonds. The van der Waals surface area contributed by atoms with Crippen LogP contribution in [-0.2, 0) is 18.2 Å². The molecule has 10 heteroatoms. The number of furan rings is 1. The molecule has 0 bridgehead atoms. The van der Waals surface area contributed by atoms with Gasteiger partial charge < -0.3 is 28.2 Å². The van der Waals surface area contributed by atoms with Crippen LogP contribution in [0.25, 0.3) is 11.0 Å². The Morgan fingerprint density at radius 3 is 2.19 bits per heavy atom. The molecule has 7 nitrogen and oxygen atoms in total. The molecule has 4 aromatic rings. The summed E-state index contributed by atoms with van der Waals surface area (Å²) in [5.41, 5.74) is -0.603. The smallest absolute Gasteiger partial charge is 0.453 e. The fourth-order valence-corrected chi connectivity index (χ4v) is 3.39. The first kappa shape index (κ1) is 24.9. The van der Waals surface area contributed by atoms with Crippen molar-refractivity contribution in [3.63, 3.8) is 0 Å². The molecule has 0 saturated heterocycles. The third kappa shape index (κ3) is 5.22. The van der Waals surface area contributed by atoms with E-state index in [9.17, 15) is 27.9 Å². The highest BCUT2D eigenvalue weighted by molar-refractivity contribution is 5.82. The highest BCUT2D eigenvalue weighted by Gasteiger charge is 2.40. The summed E-state index contributed by atoms with van der Waals surface area (Å²) in [6, 6.07) is 12.7. The summed E-state index contributed by atoms with van der Waals surface area (Å²) in [5.74, 6) is -4.19. The van der Waals surface area contributed by atoms with E-state index < -0.39 is 34.8 Å². The van der Waals surface area contributed by atoms with Gasteiger partial charge in [-0.05, 0) is 47.4 Å². The fourth-order valence-electron chi connectivity index (χ4n) is 3.39. The lowest BCUT2D eigenvalue weighted by molar-refractivity contribution is -0.257. The number of halogens is 3. The first-order chi connectivity index (χ1) is 16.8. The molecule has 2 aromatic carbocycles. The predicted octanol–water partition coefficient (Wildman–Crippen LogP) is 5.44. The molecule has 0 atom stereocenters. The first-order valence-electron chi connectivity index (χ1n) is 10.7. The summed E-state index contributed by atoms with van der Waals surface area (Å²) in [6.07, 6.45) is -5.01. The summed E-state index contributed by atoms with van der Waals surface area (Å²) in [5, 5.41) is 10.6. The number of fused-ring (bicyclic) bond motifs is 1. The number of carbonyl (C=O) groups is 1. The van der Waals surface area contributed by atoms with E-state index >= 15 is 0 Å². The average molecular weight is 501 g/mol. The molecular formula is C26H20F3O7-. The summed E-state index contributed by atoms with van der Waals surface area (Å²) in [7, 11) is 0. The maximum absolute atomic E-state index is 13.8. The Balaban J connectivity index is 1.67. The monoisotopic (exact) mass is 501 g/mol. The topological polar surface area (TPSA) is 102 Å². The van der Waals surface area contributed by atoms with Gasteiger partial charge in [-0.3, -0.25) is 4.79 Å². The summed E-state index contributed by atoms with van der Waals surface area (Å²) in [4.78, 5) is 23.8. The summed E-state index contributed by atoms with van der Waals surface area (Å²) in [6.45, 7) is 5.74. The molecule has 0 unspecified atom stereocenters. The van der Waals surface area contributed by atoms with E-state index in [4.69, 9.17) is 18.3 Å². The van der Waals surface area contributed by atoms with Crippen molar-refractivity contribution < 1.29 is 41.4 Å². The number of benzene rings is 2. The second-order valence-electron chi connectivity index (χ2n) is 8.96. The van der Waals surface area contributed by atoms with Crippen molar-refractivity contribution in [3.05, 3.63) is 87.7 Å². The molecule has 0 fully saturated rings. The molecule has 0 radical (unpaired) electrons. The molecule has 4 rings (SSSR count). The first-order valence-corrected chi connectivity index (χ1v) is 10.7. The summed E-state index contributed by atoms with van der Waals surface area (Å²) < 4.78 is 62.3. The van der Waals surface area contributed by atoms with Gasteiger partial charge in [-0.15, -0.1) is 0 Å². The van der Waals surface area contributed by atoms with Gasteiger partial charge in [0.25, 0.3) is 5.76 Å². The minimum Gasteiger partial charge on any atom is -0.542 e. The minimum atomic E-state index is -5.01. The average Bonchev–Trinajstić information content (AvgIpc) is 3.28. The molecule has 0 aliphatic rings. The van der Waals surface area contributed by atoms with E-state index in [0.29, 0.717) is 0 Å². The van der Waals surface area contributed by atoms with Crippen molar-refractivity contribution in [1.29, 1.82) is 0 Å². The van der Waals surface area contributed by atoms with Gasteiger partial charge in [-0.1, -0.05) is 32.9 Å². The molecule has 0 N–H and O–H groups in total. The zero-order chi connectivity index (χ0) is 26.3. The molecule has 0 spiro atoms. The van der Waals surface area contributed by atoms with Gasteiger partial charge in [0.05, 0.1) is 5.39 Å². The third-order valence-electron chi connectivity index (χ3n) is 5.26. The van der Waals surface area contributed by atoms with Crippen molar-refractivity contribution in [1.82, 2.24) is 0 Å². The number of carboxylic acid groups (broad SMARTS) is 1. The van der Waals surface area contributed by atoms with Gasteiger partial charge >= 0.3 is 6.18 Å². The van der Waals surface area contributed by atoms with E-state index in [0.717, 1.165) is 11.6 Å². The number of hydrogen-bond donors (Lipinski definition) is 0. The maximum Gasteiger partial charge on any atom is 0.453 e. The lowest BCUT2D eigenvalue weighted by Crippen LogP contribution is -2.21. The Hall–Kier alpha value is -4.21. The van der Waals surface area contributed by atoms with Crippen LogP contribution in [-0.4, -0.2) is 5.97 Å². The van der Waals surface area contributed by atoms with Crippen LogP contribution >= 0.6 is 0 Å². The predicted molar refractivity (Wildman–Crippen MR) is 120 cm³/mol. The highest BCUT2D eigenvalue weighted by atomic mass is 19.4. The van der Waals surface area contributed by atoms with Crippen molar-refractivity contribution in [2.45, 2.75) is 39.0 Å². The van der Waals surface area contributed by atoms with E-state index in [1.807, 2.05) is 20.8 Å². The van der Waals surface area contributed by atoms with Crippen LogP contribution in [0.4, 0.5) is 13.2 Å². The van der Waals surface area contributed by atoms with Crippen LogP contribution in [0, 0.1) is 0 Å². The number of carbonyl (C=O) groups excluding carboxylic acids is 1. The van der Waals surface area contributed by atoms with Gasteiger partial charge in [0.1, 0.15) is 41.2 Å². The number of carboxylic acids is 1. The van der Waals surface area contributed by atoms with Gasteiger partial charge in [0, 0.05) is 6.07 Å². The van der Waals surface area contributed by atoms with Crippen LogP contribution in [0.2, 0.25) is 0 Å². The molecule has 0 aliphatic carbocycles. The molecule has 36 heavy (non-hydrogen) atoms.